The first kappa shape index (κ1) is 22.0. The molecule has 0 aliphatic heterocycles. The van der Waals surface area contributed by atoms with Crippen molar-refractivity contribution >= 4 is 56.5 Å². The van der Waals surface area contributed by atoms with Crippen LogP contribution in [-0.2, 0) is 14.9 Å². The van der Waals surface area contributed by atoms with Crippen LogP contribution >= 0.6 is 46.4 Å². The van der Waals surface area contributed by atoms with Crippen molar-refractivity contribution in [3.63, 3.8) is 0 Å². The predicted molar refractivity (Wildman–Crippen MR) is 114 cm³/mol. The van der Waals surface area contributed by atoms with Crippen molar-refractivity contribution in [2.75, 3.05) is 0 Å². The first-order chi connectivity index (χ1) is 13.5. The summed E-state index contributed by atoms with van der Waals surface area (Å²) in [5.41, 5.74) is -0.417. The second kappa shape index (κ2) is 7.87. The van der Waals surface area contributed by atoms with Crippen LogP contribution in [0.1, 0.15) is 16.7 Å². The molecule has 152 valence electrons. The fraction of sp³-hybridized carbons (Fsp3) is 0.0526. The highest BCUT2D eigenvalue weighted by molar-refractivity contribution is 7.87. The van der Waals surface area contributed by atoms with Crippen molar-refractivity contribution in [2.45, 2.75) is 4.75 Å². The molecule has 3 rings (SSSR count). The largest absolute Gasteiger partial charge is 0.508 e. The third kappa shape index (κ3) is 3.77. The summed E-state index contributed by atoms with van der Waals surface area (Å²) in [6, 6.07) is 11.3. The Balaban J connectivity index is 2.58. The molecule has 0 aliphatic carbocycles. The molecule has 29 heavy (non-hydrogen) atoms. The molecule has 3 aromatic carbocycles. The molecule has 0 saturated heterocycles. The van der Waals surface area contributed by atoms with E-state index in [0.29, 0.717) is 0 Å². The van der Waals surface area contributed by atoms with Gasteiger partial charge in [0.1, 0.15) is 11.5 Å². The van der Waals surface area contributed by atoms with E-state index >= 15 is 0 Å². The van der Waals surface area contributed by atoms with Gasteiger partial charge in [0, 0.05) is 11.6 Å². The molecule has 5 nitrogen and oxygen atoms in total. The lowest BCUT2D eigenvalue weighted by Gasteiger charge is -2.33. The monoisotopic (exact) mass is 492 g/mol. The highest BCUT2D eigenvalue weighted by Crippen LogP contribution is 2.50. The Bertz CT molecular complexity index is 1210. The SMILES string of the molecule is O=S(=O)(O)C(c1cccc(O)c1)(c1ccc(Cl)c(Cl)c1)c1cc(Cl)c(Cl)cc1O. The Labute approximate surface area is 186 Å². The van der Waals surface area contributed by atoms with Gasteiger partial charge in [0.05, 0.1) is 20.1 Å². The number of phenols is 2. The van der Waals surface area contributed by atoms with E-state index < -0.39 is 20.6 Å². The van der Waals surface area contributed by atoms with Gasteiger partial charge in [-0.15, -0.1) is 0 Å². The van der Waals surface area contributed by atoms with Gasteiger partial charge in [-0.25, -0.2) is 0 Å². The van der Waals surface area contributed by atoms with Gasteiger partial charge in [-0.05, 0) is 41.5 Å². The lowest BCUT2D eigenvalue weighted by molar-refractivity contribution is 0.439. The van der Waals surface area contributed by atoms with E-state index in [1.54, 1.807) is 0 Å². The van der Waals surface area contributed by atoms with Crippen LogP contribution in [0.15, 0.2) is 54.6 Å². The number of phenolic OH excluding ortho intramolecular Hbond substituents is 2. The number of halogens is 4. The molecule has 1 atom stereocenters. The number of hydrogen-bond donors (Lipinski definition) is 3. The minimum Gasteiger partial charge on any atom is -0.508 e. The summed E-state index contributed by atoms with van der Waals surface area (Å²) in [6.07, 6.45) is 0. The van der Waals surface area contributed by atoms with Gasteiger partial charge in [-0.2, -0.15) is 8.42 Å². The van der Waals surface area contributed by atoms with Crippen LogP contribution in [0.25, 0.3) is 0 Å². The third-order valence-corrected chi connectivity index (χ3v) is 7.31. The van der Waals surface area contributed by atoms with Crippen LogP contribution in [0.4, 0.5) is 0 Å². The zero-order valence-electron chi connectivity index (χ0n) is 14.3. The highest BCUT2D eigenvalue weighted by atomic mass is 35.5. The van der Waals surface area contributed by atoms with E-state index in [-0.39, 0.29) is 42.5 Å². The van der Waals surface area contributed by atoms with Crippen LogP contribution in [0.2, 0.25) is 20.1 Å². The van der Waals surface area contributed by atoms with Crippen LogP contribution in [0.5, 0.6) is 11.5 Å². The molecule has 0 fully saturated rings. The van der Waals surface area contributed by atoms with Gasteiger partial charge >= 0.3 is 0 Å². The molecule has 3 aromatic rings. The lowest BCUT2D eigenvalue weighted by Crippen LogP contribution is -2.38. The van der Waals surface area contributed by atoms with E-state index in [0.717, 1.165) is 18.2 Å². The van der Waals surface area contributed by atoms with Gasteiger partial charge in [-0.3, -0.25) is 4.55 Å². The summed E-state index contributed by atoms with van der Waals surface area (Å²) in [5.74, 6) is -0.818. The first-order valence-electron chi connectivity index (χ1n) is 7.89. The summed E-state index contributed by atoms with van der Waals surface area (Å²) in [6.45, 7) is 0. The van der Waals surface area contributed by atoms with Gasteiger partial charge in [0.15, 0.2) is 4.75 Å². The minimum atomic E-state index is -5.06. The number of benzene rings is 3. The summed E-state index contributed by atoms with van der Waals surface area (Å²) in [7, 11) is -5.06. The van der Waals surface area contributed by atoms with E-state index in [4.69, 9.17) is 46.4 Å². The van der Waals surface area contributed by atoms with Crippen LogP contribution in [0, 0.1) is 0 Å². The highest BCUT2D eigenvalue weighted by Gasteiger charge is 2.50. The Morgan fingerprint density at radius 1 is 0.724 bits per heavy atom. The predicted octanol–water partition coefficient (Wildman–Crippen LogP) is 5.89. The summed E-state index contributed by atoms with van der Waals surface area (Å²) in [5, 5.41) is 20.6. The van der Waals surface area contributed by atoms with Gasteiger partial charge < -0.3 is 10.2 Å². The lowest BCUT2D eigenvalue weighted by atomic mass is 9.83. The smallest absolute Gasteiger partial charge is 0.283 e. The van der Waals surface area contributed by atoms with Gasteiger partial charge in [-0.1, -0.05) is 64.6 Å². The second-order valence-electron chi connectivity index (χ2n) is 6.12. The quantitative estimate of drug-likeness (QED) is 0.311. The van der Waals surface area contributed by atoms with Crippen molar-refractivity contribution < 1.29 is 23.2 Å². The molecule has 0 aromatic heterocycles. The summed E-state index contributed by atoms with van der Waals surface area (Å²) in [4.78, 5) is 0. The minimum absolute atomic E-state index is 0.0110. The van der Waals surface area contributed by atoms with Crippen LogP contribution < -0.4 is 0 Å². The van der Waals surface area contributed by atoms with Crippen molar-refractivity contribution in [3.05, 3.63) is 91.4 Å². The average molecular weight is 494 g/mol. The van der Waals surface area contributed by atoms with E-state index in [1.807, 2.05) is 0 Å². The zero-order chi connectivity index (χ0) is 21.6. The molecular weight excluding hydrogens is 482 g/mol. The molecule has 0 radical (unpaired) electrons. The Kier molecular flexibility index (Phi) is 5.98. The van der Waals surface area contributed by atoms with Crippen molar-refractivity contribution in [3.8, 4) is 11.5 Å². The molecule has 0 heterocycles. The van der Waals surface area contributed by atoms with E-state index in [2.05, 4.69) is 0 Å². The van der Waals surface area contributed by atoms with Crippen molar-refractivity contribution in [1.29, 1.82) is 0 Å². The summed E-state index contributed by atoms with van der Waals surface area (Å²) >= 11 is 24.1. The van der Waals surface area contributed by atoms with Gasteiger partial charge in [0.2, 0.25) is 0 Å². The third-order valence-electron chi connectivity index (χ3n) is 4.38. The Hall–Kier alpha value is -1.67. The zero-order valence-corrected chi connectivity index (χ0v) is 18.1. The maximum Gasteiger partial charge on any atom is 0.283 e. The molecule has 0 spiro atoms. The number of hydrogen-bond acceptors (Lipinski definition) is 4. The molecule has 0 aliphatic rings. The van der Waals surface area contributed by atoms with Crippen LogP contribution in [-0.4, -0.2) is 23.2 Å². The molecule has 1 unspecified atom stereocenters. The molecule has 0 bridgehead atoms. The van der Waals surface area contributed by atoms with Crippen molar-refractivity contribution in [2.24, 2.45) is 0 Å². The first-order valence-corrected chi connectivity index (χ1v) is 10.8. The second-order valence-corrected chi connectivity index (χ2v) is 9.31. The molecule has 3 N–H and O–H groups in total. The van der Waals surface area contributed by atoms with Crippen molar-refractivity contribution in [1.82, 2.24) is 0 Å². The molecule has 0 amide bonds. The number of aromatic hydroxyl groups is 2. The van der Waals surface area contributed by atoms with Crippen LogP contribution in [0.3, 0.4) is 0 Å². The van der Waals surface area contributed by atoms with Gasteiger partial charge in [0.25, 0.3) is 10.1 Å². The fourth-order valence-corrected chi connectivity index (χ4v) is 5.08. The number of rotatable bonds is 4. The molecular formula is C19H12Cl4O5S. The van der Waals surface area contributed by atoms with E-state index in [9.17, 15) is 23.2 Å². The standard InChI is InChI=1S/C19H12Cl4O5S/c20-14-5-4-11(7-15(14)21)19(29(26,27)28,10-2-1-3-12(24)6-10)13-8-16(22)17(23)9-18(13)25/h1-9,24-25H,(H,26,27,28). The normalized spacial score (nSPS) is 13.8. The maximum atomic E-state index is 12.9. The average Bonchev–Trinajstić information content (AvgIpc) is 2.62. The molecule has 10 heteroatoms. The maximum absolute atomic E-state index is 12.9. The fourth-order valence-electron chi connectivity index (χ4n) is 3.17. The molecule has 0 saturated carbocycles. The van der Waals surface area contributed by atoms with E-state index in [1.165, 1.54) is 36.4 Å². The summed E-state index contributed by atoms with van der Waals surface area (Å²) < 4.78 is 33.9. The topological polar surface area (TPSA) is 94.8 Å². The Morgan fingerprint density at radius 3 is 1.90 bits per heavy atom. The Morgan fingerprint density at radius 2 is 1.31 bits per heavy atom.